The third kappa shape index (κ3) is 3.36. The summed E-state index contributed by atoms with van der Waals surface area (Å²) in [5.74, 6) is 2.03. The fourth-order valence-electron chi connectivity index (χ4n) is 4.19. The van der Waals surface area contributed by atoms with Crippen molar-refractivity contribution >= 4 is 16.5 Å². The molecule has 2 aromatic rings. The molecule has 0 N–H and O–H groups in total. The van der Waals surface area contributed by atoms with E-state index < -0.39 is 6.29 Å². The Morgan fingerprint density at radius 3 is 2.71 bits per heavy atom. The van der Waals surface area contributed by atoms with Crippen LogP contribution in [0.3, 0.4) is 0 Å². The zero-order valence-electron chi connectivity index (χ0n) is 16.3. The molecule has 1 aromatic carbocycles. The molecule has 4 rings (SSSR count). The van der Waals surface area contributed by atoms with Crippen LogP contribution in [-0.4, -0.2) is 19.2 Å². The summed E-state index contributed by atoms with van der Waals surface area (Å²) < 4.78 is 17.4. The second-order valence-electron chi connectivity index (χ2n) is 7.25. The van der Waals surface area contributed by atoms with Crippen molar-refractivity contribution in [2.24, 2.45) is 5.92 Å². The van der Waals surface area contributed by atoms with Gasteiger partial charge in [0.25, 0.3) is 0 Å². The molecule has 1 atom stereocenters. The van der Waals surface area contributed by atoms with Gasteiger partial charge >= 0.3 is 0 Å². The van der Waals surface area contributed by atoms with E-state index in [0.717, 1.165) is 52.1 Å². The normalized spacial score (nSPS) is 20.1. The second kappa shape index (κ2) is 8.04. The van der Waals surface area contributed by atoms with Gasteiger partial charge < -0.3 is 14.2 Å². The highest BCUT2D eigenvalue weighted by atomic mass is 16.7. The van der Waals surface area contributed by atoms with Gasteiger partial charge in [0.2, 0.25) is 6.29 Å². The van der Waals surface area contributed by atoms with Gasteiger partial charge in [0, 0.05) is 35.6 Å². The zero-order valence-corrected chi connectivity index (χ0v) is 16.3. The van der Waals surface area contributed by atoms with Gasteiger partial charge in [0.05, 0.1) is 24.4 Å². The number of nitrogens with zero attached hydrogens (tertiary/aromatic N) is 2. The van der Waals surface area contributed by atoms with Crippen LogP contribution in [0, 0.1) is 17.2 Å². The Bertz CT molecular complexity index is 981. The predicted molar refractivity (Wildman–Crippen MR) is 107 cm³/mol. The summed E-state index contributed by atoms with van der Waals surface area (Å²) in [5.41, 5.74) is 3.49. The van der Waals surface area contributed by atoms with Crippen molar-refractivity contribution < 1.29 is 14.2 Å². The topological polar surface area (TPSA) is 64.4 Å². The highest BCUT2D eigenvalue weighted by molar-refractivity contribution is 5.86. The summed E-state index contributed by atoms with van der Waals surface area (Å²) in [6.45, 7) is 0. The number of ether oxygens (including phenoxy) is 3. The smallest absolute Gasteiger partial charge is 0.228 e. The Hall–Kier alpha value is -2.84. The quantitative estimate of drug-likeness (QED) is 0.678. The van der Waals surface area contributed by atoms with E-state index in [1.165, 1.54) is 25.3 Å². The van der Waals surface area contributed by atoms with E-state index in [4.69, 9.17) is 24.5 Å². The Balaban J connectivity index is 1.91. The van der Waals surface area contributed by atoms with Crippen LogP contribution in [0.1, 0.15) is 49.7 Å². The van der Waals surface area contributed by atoms with Crippen molar-refractivity contribution in [1.82, 2.24) is 4.98 Å². The first-order chi connectivity index (χ1) is 13.7. The van der Waals surface area contributed by atoms with Gasteiger partial charge in [-0.3, -0.25) is 0 Å². The van der Waals surface area contributed by atoms with Crippen LogP contribution >= 0.6 is 0 Å². The van der Waals surface area contributed by atoms with Crippen molar-refractivity contribution in [1.29, 1.82) is 5.26 Å². The average molecular weight is 376 g/mol. The monoisotopic (exact) mass is 376 g/mol. The largest absolute Gasteiger partial charge is 0.497 e. The molecule has 1 saturated carbocycles. The molecule has 2 heterocycles. The van der Waals surface area contributed by atoms with E-state index in [2.05, 4.69) is 6.07 Å². The van der Waals surface area contributed by atoms with Gasteiger partial charge in [-0.15, -0.1) is 0 Å². The molecule has 1 aliphatic carbocycles. The molecule has 1 aromatic heterocycles. The molecular weight excluding hydrogens is 352 g/mol. The molecular formula is C23H24N2O3. The molecule has 5 heteroatoms. The second-order valence-corrected chi connectivity index (χ2v) is 7.25. The van der Waals surface area contributed by atoms with Crippen molar-refractivity contribution in [3.05, 3.63) is 53.4 Å². The van der Waals surface area contributed by atoms with Gasteiger partial charge in [0.15, 0.2) is 0 Å². The zero-order chi connectivity index (χ0) is 19.5. The predicted octanol–water partition coefficient (Wildman–Crippen LogP) is 5.29. The van der Waals surface area contributed by atoms with Gasteiger partial charge in [-0.2, -0.15) is 5.26 Å². The SMILES string of the molecule is COc1ccc2nc3c(cc2c1)C(OC)OC(C1CCCCC1)=C3/C=C/C#N. The molecule has 1 unspecified atom stereocenters. The van der Waals surface area contributed by atoms with E-state index in [1.54, 1.807) is 14.2 Å². The summed E-state index contributed by atoms with van der Waals surface area (Å²) in [6.07, 6.45) is 8.67. The number of pyridine rings is 1. The van der Waals surface area contributed by atoms with Crippen molar-refractivity contribution in [2.75, 3.05) is 14.2 Å². The van der Waals surface area contributed by atoms with E-state index in [0.29, 0.717) is 5.92 Å². The van der Waals surface area contributed by atoms with Crippen molar-refractivity contribution in [2.45, 2.75) is 38.4 Å². The third-order valence-corrected chi connectivity index (χ3v) is 5.57. The van der Waals surface area contributed by atoms with Gasteiger partial charge in [0.1, 0.15) is 11.5 Å². The highest BCUT2D eigenvalue weighted by Crippen LogP contribution is 2.44. The van der Waals surface area contributed by atoms with Crippen LogP contribution in [-0.2, 0) is 9.47 Å². The number of nitriles is 1. The molecule has 1 fully saturated rings. The summed E-state index contributed by atoms with van der Waals surface area (Å²) in [7, 11) is 3.30. The average Bonchev–Trinajstić information content (AvgIpc) is 2.76. The number of hydrogen-bond donors (Lipinski definition) is 0. The van der Waals surface area contributed by atoms with Crippen LogP contribution in [0.2, 0.25) is 0 Å². The standard InChI is InChI=1S/C23H24N2O3/c1-26-17-10-11-20-16(13-17)14-19-21(25-20)18(9-6-12-24)22(28-23(19)27-2)15-7-4-3-5-8-15/h6,9-11,13-15,23H,3-5,7-8H2,1-2H3/b9-6+. The summed E-state index contributed by atoms with van der Waals surface area (Å²) in [5, 5.41) is 10.1. The molecule has 0 spiro atoms. The van der Waals surface area contributed by atoms with Crippen LogP contribution < -0.4 is 4.74 Å². The third-order valence-electron chi connectivity index (χ3n) is 5.57. The first-order valence-electron chi connectivity index (χ1n) is 9.74. The van der Waals surface area contributed by atoms with Gasteiger partial charge in [-0.05, 0) is 43.2 Å². The van der Waals surface area contributed by atoms with E-state index in [1.807, 2.05) is 30.3 Å². The molecule has 1 aliphatic heterocycles. The summed E-state index contributed by atoms with van der Waals surface area (Å²) in [4.78, 5) is 4.93. The molecule has 144 valence electrons. The Labute approximate surface area is 165 Å². The van der Waals surface area contributed by atoms with Crippen LogP contribution in [0.5, 0.6) is 5.75 Å². The van der Waals surface area contributed by atoms with Crippen molar-refractivity contribution in [3.8, 4) is 11.8 Å². The Kier molecular flexibility index (Phi) is 5.31. The summed E-state index contributed by atoms with van der Waals surface area (Å²) in [6, 6.07) is 9.97. The summed E-state index contributed by atoms with van der Waals surface area (Å²) >= 11 is 0. The lowest BCUT2D eigenvalue weighted by molar-refractivity contribution is -0.109. The Morgan fingerprint density at radius 1 is 1.18 bits per heavy atom. The minimum atomic E-state index is -0.505. The first-order valence-corrected chi connectivity index (χ1v) is 9.74. The molecule has 0 bridgehead atoms. The van der Waals surface area contributed by atoms with E-state index in [-0.39, 0.29) is 0 Å². The fraction of sp³-hybridized carbons (Fsp3) is 0.391. The molecule has 0 saturated heterocycles. The number of fused-ring (bicyclic) bond motifs is 2. The number of aromatic nitrogens is 1. The number of methoxy groups -OCH3 is 2. The molecule has 2 aliphatic rings. The van der Waals surface area contributed by atoms with Gasteiger partial charge in [-0.1, -0.05) is 19.3 Å². The van der Waals surface area contributed by atoms with Crippen LogP contribution in [0.4, 0.5) is 0 Å². The number of benzene rings is 1. The maximum Gasteiger partial charge on any atom is 0.228 e. The maximum absolute atomic E-state index is 9.11. The number of rotatable bonds is 4. The molecule has 28 heavy (non-hydrogen) atoms. The molecule has 0 amide bonds. The lowest BCUT2D eigenvalue weighted by Crippen LogP contribution is -2.22. The van der Waals surface area contributed by atoms with Crippen LogP contribution in [0.25, 0.3) is 16.5 Å². The fourth-order valence-corrected chi connectivity index (χ4v) is 4.19. The number of hydrogen-bond acceptors (Lipinski definition) is 5. The highest BCUT2D eigenvalue weighted by Gasteiger charge is 2.33. The Morgan fingerprint density at radius 2 is 2.00 bits per heavy atom. The first kappa shape index (κ1) is 18.5. The number of allylic oxidation sites excluding steroid dienone is 4. The molecule has 5 nitrogen and oxygen atoms in total. The minimum Gasteiger partial charge on any atom is -0.497 e. The van der Waals surface area contributed by atoms with Gasteiger partial charge in [-0.25, -0.2) is 4.98 Å². The van der Waals surface area contributed by atoms with Crippen LogP contribution in [0.15, 0.2) is 42.2 Å². The lowest BCUT2D eigenvalue weighted by Gasteiger charge is -2.33. The molecule has 0 radical (unpaired) electrons. The lowest BCUT2D eigenvalue weighted by atomic mass is 9.84. The van der Waals surface area contributed by atoms with Crippen molar-refractivity contribution in [3.63, 3.8) is 0 Å². The minimum absolute atomic E-state index is 0.339. The van der Waals surface area contributed by atoms with E-state index in [9.17, 15) is 0 Å². The maximum atomic E-state index is 9.11. The van der Waals surface area contributed by atoms with E-state index >= 15 is 0 Å².